The number of H-pyrrole nitrogens is 1. The number of aromatic amines is 1. The van der Waals surface area contributed by atoms with E-state index in [-0.39, 0.29) is 11.7 Å². The summed E-state index contributed by atoms with van der Waals surface area (Å²) in [6, 6.07) is 1.59. The van der Waals surface area contributed by atoms with Crippen molar-refractivity contribution in [3.05, 3.63) is 11.8 Å². The van der Waals surface area contributed by atoms with Crippen molar-refractivity contribution in [2.45, 2.75) is 19.8 Å². The first-order valence-electron chi connectivity index (χ1n) is 5.32. The predicted octanol–water partition coefficient (Wildman–Crippen LogP) is 0.319. The van der Waals surface area contributed by atoms with Crippen molar-refractivity contribution in [3.8, 4) is 0 Å². The van der Waals surface area contributed by atoms with E-state index in [2.05, 4.69) is 14.9 Å². The zero-order chi connectivity index (χ0) is 14.0. The highest BCUT2D eigenvalue weighted by atomic mass is 32.2. The molecule has 0 saturated carbocycles. The minimum absolute atomic E-state index is 0.173. The van der Waals surface area contributed by atoms with Crippen LogP contribution in [0.4, 0.5) is 5.82 Å². The summed E-state index contributed by atoms with van der Waals surface area (Å²) < 4.78 is 47.2. The lowest BCUT2D eigenvalue weighted by molar-refractivity contribution is 0.593. The molecule has 1 rings (SSSR count). The van der Waals surface area contributed by atoms with Crippen LogP contribution in [-0.2, 0) is 19.9 Å². The highest BCUT2D eigenvalue weighted by molar-refractivity contribution is 7.95. The summed E-state index contributed by atoms with van der Waals surface area (Å²) in [4.78, 5) is 0. The predicted molar refractivity (Wildman–Crippen MR) is 69.8 cm³/mol. The maximum Gasteiger partial charge on any atom is 0.234 e. The maximum absolute atomic E-state index is 11.6. The number of anilines is 1. The summed E-state index contributed by atoms with van der Waals surface area (Å²) in [7, 11) is -7.00. The Balaban J connectivity index is 2.70. The van der Waals surface area contributed by atoms with Gasteiger partial charge < -0.3 is 0 Å². The molecule has 7 nitrogen and oxygen atoms in total. The molecule has 0 aromatic carbocycles. The fraction of sp³-hybridized carbons (Fsp3) is 0.667. The van der Waals surface area contributed by atoms with Gasteiger partial charge in [0.05, 0.1) is 11.5 Å². The van der Waals surface area contributed by atoms with Crippen molar-refractivity contribution in [1.29, 1.82) is 0 Å². The topological polar surface area (TPSA) is 109 Å². The van der Waals surface area contributed by atoms with Gasteiger partial charge in [0.15, 0.2) is 5.82 Å². The smallest absolute Gasteiger partial charge is 0.234 e. The Bertz CT molecular complexity index is 602. The van der Waals surface area contributed by atoms with Crippen LogP contribution in [0.5, 0.6) is 0 Å². The number of sulfone groups is 1. The lowest BCUT2D eigenvalue weighted by Gasteiger charge is -2.03. The molecule has 1 aromatic heterocycles. The second kappa shape index (κ2) is 5.27. The molecular weight excluding hydrogens is 278 g/mol. The Morgan fingerprint density at radius 1 is 1.28 bits per heavy atom. The third-order valence-electron chi connectivity index (χ3n) is 2.20. The third-order valence-corrected chi connectivity index (χ3v) is 4.67. The van der Waals surface area contributed by atoms with Crippen LogP contribution >= 0.6 is 0 Å². The average Bonchev–Trinajstić information content (AvgIpc) is 2.62. The molecule has 0 saturated heterocycles. The van der Waals surface area contributed by atoms with Gasteiger partial charge in [-0.3, -0.25) is 9.82 Å². The van der Waals surface area contributed by atoms with E-state index in [9.17, 15) is 16.8 Å². The number of rotatable bonds is 6. The summed E-state index contributed by atoms with van der Waals surface area (Å²) in [5.41, 5.74) is 0.802. The fourth-order valence-corrected chi connectivity index (χ4v) is 3.77. The molecule has 0 amide bonds. The van der Waals surface area contributed by atoms with Gasteiger partial charge in [-0.05, 0) is 5.92 Å². The van der Waals surface area contributed by atoms with E-state index in [1.165, 1.54) is 0 Å². The Morgan fingerprint density at radius 3 is 2.33 bits per heavy atom. The number of hydrogen-bond acceptors (Lipinski definition) is 5. The molecule has 1 aromatic rings. The molecule has 18 heavy (non-hydrogen) atoms. The lowest BCUT2D eigenvalue weighted by atomic mass is 10.1. The van der Waals surface area contributed by atoms with E-state index >= 15 is 0 Å². The summed E-state index contributed by atoms with van der Waals surface area (Å²) in [6.45, 7) is 3.88. The van der Waals surface area contributed by atoms with Crippen LogP contribution in [0.2, 0.25) is 0 Å². The maximum atomic E-state index is 11.6. The SMILES string of the molecule is CC(C)c1cc(NS(=O)(=O)CCS(C)(=O)=O)n[nH]1. The van der Waals surface area contributed by atoms with Gasteiger partial charge in [0, 0.05) is 18.0 Å². The van der Waals surface area contributed by atoms with Gasteiger partial charge >= 0.3 is 0 Å². The van der Waals surface area contributed by atoms with Gasteiger partial charge in [-0.2, -0.15) is 5.10 Å². The second-order valence-electron chi connectivity index (χ2n) is 4.41. The van der Waals surface area contributed by atoms with Gasteiger partial charge in [-0.1, -0.05) is 13.8 Å². The summed E-state index contributed by atoms with van der Waals surface area (Å²) in [6.07, 6.45) is 0.994. The first kappa shape index (κ1) is 15.0. The van der Waals surface area contributed by atoms with Crippen LogP contribution in [0.3, 0.4) is 0 Å². The molecule has 0 aliphatic carbocycles. The monoisotopic (exact) mass is 295 g/mol. The Kier molecular flexibility index (Phi) is 4.38. The van der Waals surface area contributed by atoms with Gasteiger partial charge in [0.1, 0.15) is 9.84 Å². The first-order chi connectivity index (χ1) is 8.09. The molecule has 0 spiro atoms. The molecule has 0 bridgehead atoms. The van der Waals surface area contributed by atoms with Gasteiger partial charge in [-0.25, -0.2) is 16.8 Å². The average molecular weight is 295 g/mol. The van der Waals surface area contributed by atoms with Crippen LogP contribution in [0, 0.1) is 0 Å². The van der Waals surface area contributed by atoms with Gasteiger partial charge in [-0.15, -0.1) is 0 Å². The first-order valence-corrected chi connectivity index (χ1v) is 9.04. The largest absolute Gasteiger partial charge is 0.280 e. The van der Waals surface area contributed by atoms with Crippen LogP contribution < -0.4 is 4.72 Å². The Hall–Kier alpha value is -1.09. The zero-order valence-electron chi connectivity index (χ0n) is 10.5. The third kappa shape index (κ3) is 5.05. The van der Waals surface area contributed by atoms with Crippen molar-refractivity contribution < 1.29 is 16.8 Å². The molecule has 1 heterocycles. The molecule has 0 atom stereocenters. The van der Waals surface area contributed by atoms with E-state index in [1.807, 2.05) is 13.8 Å². The van der Waals surface area contributed by atoms with E-state index in [4.69, 9.17) is 0 Å². The van der Waals surface area contributed by atoms with Crippen LogP contribution in [0.1, 0.15) is 25.5 Å². The number of aromatic nitrogens is 2. The molecule has 0 aliphatic rings. The summed E-state index contributed by atoms with van der Waals surface area (Å²) in [5, 5.41) is 6.51. The minimum atomic E-state index is -3.69. The fourth-order valence-electron chi connectivity index (χ4n) is 1.16. The number of nitrogens with one attached hydrogen (secondary N) is 2. The van der Waals surface area contributed by atoms with E-state index in [0.29, 0.717) is 0 Å². The molecule has 0 aliphatic heterocycles. The number of nitrogens with zero attached hydrogens (tertiary/aromatic N) is 1. The summed E-state index contributed by atoms with van der Waals surface area (Å²) in [5.74, 6) is -0.515. The Labute approximate surface area is 107 Å². The quantitative estimate of drug-likeness (QED) is 0.785. The van der Waals surface area contributed by atoms with E-state index in [0.717, 1.165) is 11.9 Å². The van der Waals surface area contributed by atoms with Crippen LogP contribution in [0.25, 0.3) is 0 Å². The van der Waals surface area contributed by atoms with E-state index in [1.54, 1.807) is 6.07 Å². The second-order valence-corrected chi connectivity index (χ2v) is 8.52. The van der Waals surface area contributed by atoms with Crippen molar-refractivity contribution in [2.24, 2.45) is 0 Å². The van der Waals surface area contributed by atoms with Crippen molar-refractivity contribution in [2.75, 3.05) is 22.5 Å². The number of sulfonamides is 1. The molecule has 0 unspecified atom stereocenters. The lowest BCUT2D eigenvalue weighted by Crippen LogP contribution is -2.22. The van der Waals surface area contributed by atoms with Crippen molar-refractivity contribution >= 4 is 25.7 Å². The van der Waals surface area contributed by atoms with Crippen LogP contribution in [0.15, 0.2) is 6.07 Å². The minimum Gasteiger partial charge on any atom is -0.280 e. The molecule has 9 heteroatoms. The molecule has 0 radical (unpaired) electrons. The van der Waals surface area contributed by atoms with Crippen molar-refractivity contribution in [3.63, 3.8) is 0 Å². The Morgan fingerprint density at radius 2 is 1.89 bits per heavy atom. The molecular formula is C9H17N3O4S2. The normalized spacial score (nSPS) is 12.9. The molecule has 0 fully saturated rings. The highest BCUT2D eigenvalue weighted by Crippen LogP contribution is 2.15. The summed E-state index contributed by atoms with van der Waals surface area (Å²) >= 11 is 0. The zero-order valence-corrected chi connectivity index (χ0v) is 12.1. The molecule has 104 valence electrons. The number of hydrogen-bond donors (Lipinski definition) is 2. The van der Waals surface area contributed by atoms with Gasteiger partial charge in [0.25, 0.3) is 0 Å². The van der Waals surface area contributed by atoms with Crippen LogP contribution in [-0.4, -0.2) is 44.8 Å². The van der Waals surface area contributed by atoms with Crippen molar-refractivity contribution in [1.82, 2.24) is 10.2 Å². The standard InChI is InChI=1S/C9H17N3O4S2/c1-7(2)8-6-9(11-10-8)12-18(15,16)5-4-17(3,13)14/h6-7H,4-5H2,1-3H3,(H2,10,11,12). The molecule has 2 N–H and O–H groups in total. The highest BCUT2D eigenvalue weighted by Gasteiger charge is 2.16. The van der Waals surface area contributed by atoms with E-state index < -0.39 is 31.4 Å². The van der Waals surface area contributed by atoms with Gasteiger partial charge in [0.2, 0.25) is 10.0 Å².